The molecule has 1 atom stereocenters. The van der Waals surface area contributed by atoms with Crippen LogP contribution in [0.5, 0.6) is 0 Å². The average molecular weight is 343 g/mol. The van der Waals surface area contributed by atoms with Crippen molar-refractivity contribution in [3.63, 3.8) is 0 Å². The van der Waals surface area contributed by atoms with Crippen molar-refractivity contribution in [1.82, 2.24) is 20.2 Å². The number of aromatic nitrogens is 4. The van der Waals surface area contributed by atoms with Gasteiger partial charge in [-0.2, -0.15) is 5.10 Å². The van der Waals surface area contributed by atoms with Crippen LogP contribution >= 0.6 is 0 Å². The summed E-state index contributed by atoms with van der Waals surface area (Å²) in [5.41, 5.74) is 3.01. The topological polar surface area (TPSA) is 96.0 Å². The second-order valence-electron chi connectivity index (χ2n) is 7.03. The largest absolute Gasteiger partial charge is 0.393 e. The Hall–Kier alpha value is -1.99. The highest BCUT2D eigenvalue weighted by Gasteiger charge is 2.23. The van der Waals surface area contributed by atoms with Crippen molar-refractivity contribution in [3.8, 4) is 11.3 Å². The predicted molar refractivity (Wildman–Crippen MR) is 94.3 cm³/mol. The molecule has 1 saturated heterocycles. The molecule has 0 aromatic carbocycles. The third-order valence-corrected chi connectivity index (χ3v) is 5.20. The molecule has 0 amide bonds. The molecule has 25 heavy (non-hydrogen) atoms. The van der Waals surface area contributed by atoms with Gasteiger partial charge in [0.15, 0.2) is 0 Å². The zero-order valence-electron chi connectivity index (χ0n) is 14.3. The van der Waals surface area contributed by atoms with Crippen LogP contribution in [0.3, 0.4) is 0 Å². The Morgan fingerprint density at radius 3 is 2.88 bits per heavy atom. The van der Waals surface area contributed by atoms with Gasteiger partial charge in [-0.3, -0.25) is 5.10 Å². The molecule has 2 fully saturated rings. The monoisotopic (exact) mass is 343 g/mol. The molecule has 7 heteroatoms. The first-order valence-electron chi connectivity index (χ1n) is 9.18. The van der Waals surface area contributed by atoms with E-state index >= 15 is 0 Å². The normalized spacial score (nSPS) is 27.2. The van der Waals surface area contributed by atoms with Crippen LogP contribution in [0.4, 0.5) is 5.95 Å². The minimum atomic E-state index is -0.156. The van der Waals surface area contributed by atoms with Crippen LogP contribution < -0.4 is 5.32 Å². The van der Waals surface area contributed by atoms with Crippen molar-refractivity contribution in [2.24, 2.45) is 0 Å². The number of hydrogen-bond donors (Lipinski definition) is 3. The lowest BCUT2D eigenvalue weighted by molar-refractivity contribution is 0.0794. The molecular formula is C18H25N5O2. The van der Waals surface area contributed by atoms with Crippen LogP contribution in [0, 0.1) is 0 Å². The number of aliphatic hydroxyl groups is 1. The highest BCUT2D eigenvalue weighted by molar-refractivity contribution is 5.62. The Morgan fingerprint density at radius 2 is 2.08 bits per heavy atom. The molecule has 2 aromatic heterocycles. The van der Waals surface area contributed by atoms with Crippen LogP contribution in [-0.4, -0.2) is 50.6 Å². The van der Waals surface area contributed by atoms with Crippen LogP contribution in [0.15, 0.2) is 18.5 Å². The lowest BCUT2D eigenvalue weighted by Crippen LogP contribution is -2.28. The maximum Gasteiger partial charge on any atom is 0.223 e. The summed E-state index contributed by atoms with van der Waals surface area (Å²) in [5, 5.41) is 20.4. The second-order valence-corrected chi connectivity index (χ2v) is 7.03. The van der Waals surface area contributed by atoms with Crippen molar-refractivity contribution < 1.29 is 9.84 Å². The summed E-state index contributed by atoms with van der Waals surface area (Å²) >= 11 is 0. The summed E-state index contributed by atoms with van der Waals surface area (Å²) in [6, 6.07) is 2.25. The van der Waals surface area contributed by atoms with Crippen molar-refractivity contribution in [1.29, 1.82) is 0 Å². The summed E-state index contributed by atoms with van der Waals surface area (Å²) in [7, 11) is 0. The average Bonchev–Trinajstić information content (AvgIpc) is 3.15. The Morgan fingerprint density at radius 1 is 1.20 bits per heavy atom. The molecule has 0 unspecified atom stereocenters. The number of nitrogens with zero attached hydrogens (tertiary/aromatic N) is 3. The molecule has 0 radical (unpaired) electrons. The van der Waals surface area contributed by atoms with Gasteiger partial charge in [-0.05, 0) is 44.6 Å². The van der Waals surface area contributed by atoms with Crippen molar-refractivity contribution in [3.05, 3.63) is 24.2 Å². The number of anilines is 1. The number of nitrogens with one attached hydrogen (secondary N) is 2. The third-order valence-electron chi connectivity index (χ3n) is 5.20. The van der Waals surface area contributed by atoms with Gasteiger partial charge < -0.3 is 15.2 Å². The molecule has 1 aliphatic heterocycles. The number of H-pyrrole nitrogens is 1. The second kappa shape index (κ2) is 7.49. The van der Waals surface area contributed by atoms with Crippen LogP contribution in [0.2, 0.25) is 0 Å². The van der Waals surface area contributed by atoms with E-state index in [9.17, 15) is 5.11 Å². The summed E-state index contributed by atoms with van der Waals surface area (Å²) < 4.78 is 5.62. The van der Waals surface area contributed by atoms with Gasteiger partial charge in [-0.15, -0.1) is 0 Å². The van der Waals surface area contributed by atoms with Gasteiger partial charge in [0, 0.05) is 36.0 Å². The molecule has 1 aliphatic carbocycles. The maximum atomic E-state index is 9.64. The summed E-state index contributed by atoms with van der Waals surface area (Å²) in [5.74, 6) is 0.989. The molecule has 2 aromatic rings. The molecule has 1 saturated carbocycles. The summed E-state index contributed by atoms with van der Waals surface area (Å²) in [6.45, 7) is 1.58. The van der Waals surface area contributed by atoms with Gasteiger partial charge >= 0.3 is 0 Å². The molecule has 2 aliphatic rings. The number of hydrogen-bond acceptors (Lipinski definition) is 6. The fourth-order valence-corrected chi connectivity index (χ4v) is 3.76. The minimum Gasteiger partial charge on any atom is -0.393 e. The highest BCUT2D eigenvalue weighted by Crippen LogP contribution is 2.31. The fourth-order valence-electron chi connectivity index (χ4n) is 3.76. The molecule has 4 rings (SSSR count). The zero-order valence-corrected chi connectivity index (χ0v) is 14.3. The Labute approximate surface area is 147 Å². The summed E-state index contributed by atoms with van der Waals surface area (Å²) in [4.78, 5) is 9.06. The van der Waals surface area contributed by atoms with Crippen LogP contribution in [-0.2, 0) is 4.74 Å². The van der Waals surface area contributed by atoms with Crippen molar-refractivity contribution in [2.75, 3.05) is 18.5 Å². The van der Waals surface area contributed by atoms with E-state index in [1.807, 2.05) is 12.3 Å². The van der Waals surface area contributed by atoms with Crippen LogP contribution in [0.1, 0.15) is 50.1 Å². The molecule has 0 bridgehead atoms. The molecule has 7 nitrogen and oxygen atoms in total. The quantitative estimate of drug-likeness (QED) is 0.789. The molecule has 0 spiro atoms. The lowest BCUT2D eigenvalue weighted by atomic mass is 9.93. The van der Waals surface area contributed by atoms with E-state index in [-0.39, 0.29) is 6.10 Å². The van der Waals surface area contributed by atoms with Crippen molar-refractivity contribution in [2.45, 2.75) is 56.6 Å². The van der Waals surface area contributed by atoms with Crippen LogP contribution in [0.25, 0.3) is 11.3 Å². The smallest absolute Gasteiger partial charge is 0.223 e. The maximum absolute atomic E-state index is 9.64. The number of aliphatic hydroxyl groups excluding tert-OH is 1. The molecular weight excluding hydrogens is 318 g/mol. The van der Waals surface area contributed by atoms with Gasteiger partial charge in [0.05, 0.1) is 24.6 Å². The number of aromatic amines is 1. The van der Waals surface area contributed by atoms with E-state index in [0.717, 1.165) is 68.7 Å². The first-order chi connectivity index (χ1) is 12.3. The highest BCUT2D eigenvalue weighted by atomic mass is 16.5. The van der Waals surface area contributed by atoms with E-state index in [0.29, 0.717) is 17.9 Å². The van der Waals surface area contributed by atoms with Gasteiger partial charge in [-0.1, -0.05) is 0 Å². The Balaban J connectivity index is 1.51. The molecule has 134 valence electrons. The third kappa shape index (κ3) is 3.82. The van der Waals surface area contributed by atoms with Crippen molar-refractivity contribution >= 4 is 5.95 Å². The first-order valence-corrected chi connectivity index (χ1v) is 9.18. The van der Waals surface area contributed by atoms with Gasteiger partial charge in [0.25, 0.3) is 0 Å². The number of rotatable bonds is 4. The summed E-state index contributed by atoms with van der Waals surface area (Å²) in [6.07, 6.45) is 9.23. The SMILES string of the molecule is OC1CCC(Nc2nccc(-c3cn[nH]c3[C@@H]3CCCOC3)n2)CC1. The van der Waals surface area contributed by atoms with Gasteiger partial charge in [0.1, 0.15) is 0 Å². The lowest BCUT2D eigenvalue weighted by Gasteiger charge is -2.26. The van der Waals surface area contributed by atoms with E-state index in [4.69, 9.17) is 9.72 Å². The molecule has 3 heterocycles. The zero-order chi connectivity index (χ0) is 17.1. The predicted octanol–water partition coefficient (Wildman–Crippen LogP) is 2.48. The Kier molecular flexibility index (Phi) is 4.94. The minimum absolute atomic E-state index is 0.156. The first kappa shape index (κ1) is 16.5. The van der Waals surface area contributed by atoms with Gasteiger partial charge in [-0.25, -0.2) is 9.97 Å². The van der Waals surface area contributed by atoms with E-state index in [2.05, 4.69) is 20.5 Å². The standard InChI is InChI=1S/C18H25N5O2/c24-14-5-3-13(4-6-14)21-18-19-8-7-16(22-18)15-10-20-23-17(15)12-2-1-9-25-11-12/h7-8,10,12-14,24H,1-6,9,11H2,(H,20,23)(H,19,21,22)/t12-,13?,14?/m1/s1. The Bertz CT molecular complexity index is 690. The van der Waals surface area contributed by atoms with Gasteiger partial charge in [0.2, 0.25) is 5.95 Å². The number of ether oxygens (including phenoxy) is 1. The van der Waals surface area contributed by atoms with E-state index in [1.54, 1.807) is 6.20 Å². The fraction of sp³-hybridized carbons (Fsp3) is 0.611. The molecule has 3 N–H and O–H groups in total. The van der Waals surface area contributed by atoms with E-state index < -0.39 is 0 Å². The van der Waals surface area contributed by atoms with E-state index in [1.165, 1.54) is 0 Å².